The van der Waals surface area contributed by atoms with E-state index in [2.05, 4.69) is 0 Å². The van der Waals surface area contributed by atoms with E-state index in [1.807, 2.05) is 0 Å². The lowest BCUT2D eigenvalue weighted by molar-refractivity contribution is -0.335. The van der Waals surface area contributed by atoms with Crippen molar-refractivity contribution < 1.29 is 93.7 Å². The highest BCUT2D eigenvalue weighted by Crippen LogP contribution is 2.40. The first-order valence-corrected chi connectivity index (χ1v) is 16.3. The molecule has 53 heavy (non-hydrogen) atoms. The maximum Gasteiger partial charge on any atom is 0.239 e. The highest BCUT2D eigenvalue weighted by Gasteiger charge is 2.54. The summed E-state index contributed by atoms with van der Waals surface area (Å²) in [7, 11) is 1.26. The Balaban J connectivity index is 1.40. The molecule has 3 fully saturated rings. The van der Waals surface area contributed by atoms with Gasteiger partial charge in [0.05, 0.1) is 33.0 Å². The maximum atomic E-state index is 14.1. The Labute approximate surface area is 298 Å². The number of aliphatic hydroxyl groups excluding tert-OH is 7. The molecule has 20 nitrogen and oxygen atoms in total. The van der Waals surface area contributed by atoms with Gasteiger partial charge in [0, 0.05) is 17.7 Å². The Kier molecular flexibility index (Phi) is 11.1. The number of rotatable bonds is 10. The number of hydrogen-bond acceptors (Lipinski definition) is 20. The van der Waals surface area contributed by atoms with Gasteiger partial charge in [0.15, 0.2) is 35.9 Å². The molecule has 0 radical (unpaired) electrons. The topological polar surface area (TPSA) is 317 Å². The van der Waals surface area contributed by atoms with Crippen LogP contribution in [0.15, 0.2) is 39.5 Å². The van der Waals surface area contributed by atoms with Crippen molar-refractivity contribution in [2.45, 2.75) is 86.3 Å². The van der Waals surface area contributed by atoms with Crippen LogP contribution in [0.2, 0.25) is 0 Å². The normalized spacial score (nSPS) is 36.1. The van der Waals surface area contributed by atoms with Crippen molar-refractivity contribution in [2.24, 2.45) is 0 Å². The summed E-state index contributed by atoms with van der Waals surface area (Å²) in [6.07, 6.45) is -20.4. The first-order chi connectivity index (χ1) is 25.1. The zero-order valence-electron chi connectivity index (χ0n) is 28.0. The molecule has 6 rings (SSSR count). The van der Waals surface area contributed by atoms with Crippen LogP contribution in [0.5, 0.6) is 28.7 Å². The lowest BCUT2D eigenvalue weighted by Crippen LogP contribution is -2.63. The minimum atomic E-state index is -2.18. The van der Waals surface area contributed by atoms with Gasteiger partial charge in [0.2, 0.25) is 17.5 Å². The minimum Gasteiger partial charge on any atom is -0.508 e. The van der Waals surface area contributed by atoms with Crippen LogP contribution in [0.4, 0.5) is 0 Å². The van der Waals surface area contributed by atoms with Crippen molar-refractivity contribution >= 4 is 11.0 Å². The third-order valence-corrected chi connectivity index (χ3v) is 9.34. The van der Waals surface area contributed by atoms with E-state index in [1.54, 1.807) is 0 Å². The number of fused-ring (bicyclic) bond motifs is 1. The molecule has 3 aliphatic rings. The molecule has 3 aliphatic heterocycles. The number of aliphatic hydroxyl groups is 8. The van der Waals surface area contributed by atoms with Gasteiger partial charge in [-0.1, -0.05) is 0 Å². The summed E-state index contributed by atoms with van der Waals surface area (Å²) >= 11 is 0. The van der Waals surface area contributed by atoms with Crippen molar-refractivity contribution in [3.05, 3.63) is 40.6 Å². The second kappa shape index (κ2) is 15.1. The summed E-state index contributed by atoms with van der Waals surface area (Å²) in [6, 6.07) is 5.68. The van der Waals surface area contributed by atoms with Gasteiger partial charge in [-0.3, -0.25) is 4.79 Å². The number of benzene rings is 2. The van der Waals surface area contributed by atoms with Crippen LogP contribution in [-0.2, 0) is 23.7 Å². The van der Waals surface area contributed by atoms with Crippen LogP contribution in [-0.4, -0.2) is 163 Å². The molecule has 0 spiro atoms. The lowest BCUT2D eigenvalue weighted by atomic mass is 9.97. The van der Waals surface area contributed by atoms with Crippen LogP contribution in [0.1, 0.15) is 6.92 Å². The molecule has 3 saturated heterocycles. The number of phenolic OH excluding ortho intramolecular Hbond substituents is 3. The van der Waals surface area contributed by atoms with Crippen LogP contribution >= 0.6 is 0 Å². The predicted molar refractivity (Wildman–Crippen MR) is 172 cm³/mol. The third kappa shape index (κ3) is 7.22. The Hall–Kier alpha value is -3.87. The average Bonchev–Trinajstić information content (AvgIpc) is 3.41. The number of aromatic hydroxyl groups is 3. The molecular formula is C33H40O20. The van der Waals surface area contributed by atoms with Crippen LogP contribution < -0.4 is 14.9 Å². The Morgan fingerprint density at radius 1 is 0.868 bits per heavy atom. The SMILES string of the molecule is COc1cc(-c2oc3cc(O)cc(O)c3c(=O)c2O[C@@H]2O[C@H](CO[C@@H]3O[C@@H](C)[C@H](O)[C@@H](O)[C@H]3O)[C@@H](O)[C@H](O)[C@H]2O[C@@H]2OC[C@](O)(CO)[C@H]2O)ccc1O. The summed E-state index contributed by atoms with van der Waals surface area (Å²) in [5.41, 5.74) is -3.49. The average molecular weight is 757 g/mol. The summed E-state index contributed by atoms with van der Waals surface area (Å²) < 4.78 is 45.2. The summed E-state index contributed by atoms with van der Waals surface area (Å²) in [4.78, 5) is 14.1. The van der Waals surface area contributed by atoms with Gasteiger partial charge >= 0.3 is 0 Å². The minimum absolute atomic E-state index is 0.0473. The van der Waals surface area contributed by atoms with Crippen molar-refractivity contribution in [2.75, 3.05) is 26.9 Å². The molecule has 20 heteroatoms. The van der Waals surface area contributed by atoms with E-state index in [0.29, 0.717) is 0 Å². The van der Waals surface area contributed by atoms with Crippen molar-refractivity contribution in [3.63, 3.8) is 0 Å². The zero-order chi connectivity index (χ0) is 38.5. The highest BCUT2D eigenvalue weighted by atomic mass is 16.8. The van der Waals surface area contributed by atoms with Gasteiger partial charge in [0.25, 0.3) is 0 Å². The lowest BCUT2D eigenvalue weighted by Gasteiger charge is -2.44. The molecule has 0 unspecified atom stereocenters. The highest BCUT2D eigenvalue weighted by molar-refractivity contribution is 5.88. The molecule has 2 aromatic carbocycles. The fourth-order valence-corrected chi connectivity index (χ4v) is 6.19. The van der Waals surface area contributed by atoms with E-state index in [9.17, 15) is 61.0 Å². The Bertz CT molecular complexity index is 1830. The van der Waals surface area contributed by atoms with E-state index in [1.165, 1.54) is 32.2 Å². The van der Waals surface area contributed by atoms with E-state index in [-0.39, 0.29) is 28.4 Å². The smallest absolute Gasteiger partial charge is 0.239 e. The number of ether oxygens (including phenoxy) is 7. The van der Waals surface area contributed by atoms with Crippen molar-refractivity contribution in [1.82, 2.24) is 0 Å². The first-order valence-electron chi connectivity index (χ1n) is 16.3. The Morgan fingerprint density at radius 2 is 1.60 bits per heavy atom. The molecule has 3 aromatic rings. The quantitative estimate of drug-likeness (QED) is 0.0987. The molecule has 1 aromatic heterocycles. The molecule has 0 aliphatic carbocycles. The van der Waals surface area contributed by atoms with Crippen molar-refractivity contribution in [1.29, 1.82) is 0 Å². The second-order valence-electron chi connectivity index (χ2n) is 13.0. The largest absolute Gasteiger partial charge is 0.508 e. The monoisotopic (exact) mass is 756 g/mol. The fourth-order valence-electron chi connectivity index (χ4n) is 6.19. The molecule has 0 saturated carbocycles. The molecular weight excluding hydrogens is 716 g/mol. The van der Waals surface area contributed by atoms with Gasteiger partial charge in [-0.15, -0.1) is 0 Å². The summed E-state index contributed by atoms with van der Waals surface area (Å²) in [5, 5.41) is 115. The van der Waals surface area contributed by atoms with Crippen LogP contribution in [0.3, 0.4) is 0 Å². The van der Waals surface area contributed by atoms with Gasteiger partial charge in [-0.05, 0) is 25.1 Å². The molecule has 4 heterocycles. The third-order valence-electron chi connectivity index (χ3n) is 9.34. The molecule has 13 atom stereocenters. The molecule has 0 amide bonds. The molecule has 11 N–H and O–H groups in total. The van der Waals surface area contributed by atoms with E-state index in [0.717, 1.165) is 12.1 Å². The van der Waals surface area contributed by atoms with Crippen molar-refractivity contribution in [3.8, 4) is 40.1 Å². The fraction of sp³-hybridized carbons (Fsp3) is 0.545. The Morgan fingerprint density at radius 3 is 2.28 bits per heavy atom. The van der Waals surface area contributed by atoms with Gasteiger partial charge in [-0.2, -0.15) is 0 Å². The van der Waals surface area contributed by atoms with E-state index < -0.39 is 127 Å². The van der Waals surface area contributed by atoms with E-state index >= 15 is 0 Å². The number of hydrogen-bond donors (Lipinski definition) is 11. The molecule has 0 bridgehead atoms. The number of phenols is 3. The van der Waals surface area contributed by atoms with Gasteiger partial charge < -0.3 is 93.7 Å². The first kappa shape index (κ1) is 38.8. The van der Waals surface area contributed by atoms with Gasteiger partial charge in [0.1, 0.15) is 70.8 Å². The van der Waals surface area contributed by atoms with E-state index in [4.69, 9.17) is 37.6 Å². The number of methoxy groups -OCH3 is 1. The van der Waals surface area contributed by atoms with Crippen LogP contribution in [0, 0.1) is 0 Å². The molecule has 292 valence electrons. The predicted octanol–water partition coefficient (Wildman–Crippen LogP) is -2.92. The summed E-state index contributed by atoms with van der Waals surface area (Å²) in [5.74, 6) is -2.62. The second-order valence-corrected chi connectivity index (χ2v) is 13.0. The standard InChI is InChI=1S/C33H40O20/c1-11-20(38)23(41)25(43)30(49-11)47-8-18-21(39)24(42)28(53-32-29(44)33(45,9-34)10-48-32)31(51-18)52-27-22(40)19-15(37)6-13(35)7-17(19)50-26(27)12-3-4-14(36)16(5-12)46-2/h3-7,11,18,20-21,23-25,28-32,34-39,41-45H,8-10H2,1-2H3/t11-,18+,20-,21+,23+,24-,25+,28+,29-,30+,31-,32-,33+/m0/s1. The van der Waals surface area contributed by atoms with Gasteiger partial charge in [-0.25, -0.2) is 0 Å². The summed E-state index contributed by atoms with van der Waals surface area (Å²) in [6.45, 7) is -0.830. The van der Waals surface area contributed by atoms with Crippen LogP contribution in [0.25, 0.3) is 22.3 Å². The zero-order valence-corrected chi connectivity index (χ0v) is 28.0. The maximum absolute atomic E-state index is 14.1.